The average molecular weight is 339 g/mol. The minimum absolute atomic E-state index is 0.000294. The van der Waals surface area contributed by atoms with Crippen LogP contribution in [0.5, 0.6) is 11.5 Å². The molecular formula is C18H13NO4S. The number of carboxylic acid groups (broad SMARTS) is 1. The second kappa shape index (κ2) is 6.97. The predicted octanol–water partition coefficient (Wildman–Crippen LogP) is 4.49. The fraction of sp³-hybridized carbons (Fsp3) is 0. The number of carboxylic acids is 1. The normalized spacial score (nSPS) is 10.2. The van der Waals surface area contributed by atoms with Crippen molar-refractivity contribution in [1.82, 2.24) is 0 Å². The van der Waals surface area contributed by atoms with E-state index in [9.17, 15) is 14.7 Å². The maximum Gasteiger partial charge on any atom is 0.337 e. The van der Waals surface area contributed by atoms with Crippen LogP contribution >= 0.6 is 11.3 Å². The van der Waals surface area contributed by atoms with E-state index in [2.05, 4.69) is 5.32 Å². The summed E-state index contributed by atoms with van der Waals surface area (Å²) in [5.74, 6) is -0.420. The Morgan fingerprint density at radius 2 is 1.75 bits per heavy atom. The lowest BCUT2D eigenvalue weighted by molar-refractivity contribution is 0.0698. The molecular weight excluding hydrogens is 326 g/mol. The first-order valence-corrected chi connectivity index (χ1v) is 7.96. The minimum Gasteiger partial charge on any atom is -0.478 e. The molecule has 1 amide bonds. The predicted molar refractivity (Wildman–Crippen MR) is 92.2 cm³/mol. The molecule has 24 heavy (non-hydrogen) atoms. The number of hydrogen-bond donors (Lipinski definition) is 2. The van der Waals surface area contributed by atoms with Crippen LogP contribution < -0.4 is 10.1 Å². The number of carbonyl (C=O) groups is 2. The molecule has 2 aromatic carbocycles. The van der Waals surface area contributed by atoms with Crippen molar-refractivity contribution >= 4 is 28.9 Å². The molecule has 0 unspecified atom stereocenters. The largest absolute Gasteiger partial charge is 0.478 e. The molecule has 0 aliphatic carbocycles. The average Bonchev–Trinajstić information content (AvgIpc) is 3.10. The number of ether oxygens (including phenoxy) is 1. The summed E-state index contributed by atoms with van der Waals surface area (Å²) in [5.41, 5.74) is 0.189. The van der Waals surface area contributed by atoms with Gasteiger partial charge in [0.15, 0.2) is 0 Å². The van der Waals surface area contributed by atoms with Crippen LogP contribution in [0.3, 0.4) is 0 Å². The highest BCUT2D eigenvalue weighted by atomic mass is 32.1. The molecule has 0 spiro atoms. The standard InChI is InChI=1S/C18H13NO4S/c20-17(16-7-4-10-24-16)19-15-11-13(8-9-14(15)18(21)22)23-12-5-2-1-3-6-12/h1-11H,(H,19,20)(H,21,22). The molecule has 3 rings (SSSR count). The summed E-state index contributed by atoms with van der Waals surface area (Å²) in [6.07, 6.45) is 0. The molecule has 6 heteroatoms. The highest BCUT2D eigenvalue weighted by Crippen LogP contribution is 2.27. The number of amides is 1. The summed E-state index contributed by atoms with van der Waals surface area (Å²) in [6.45, 7) is 0. The van der Waals surface area contributed by atoms with Gasteiger partial charge in [0.1, 0.15) is 11.5 Å². The lowest BCUT2D eigenvalue weighted by atomic mass is 10.1. The van der Waals surface area contributed by atoms with Gasteiger partial charge in [0, 0.05) is 6.07 Å². The van der Waals surface area contributed by atoms with E-state index in [1.165, 1.54) is 23.5 Å². The Labute approximate surface area is 142 Å². The second-order valence-corrected chi connectivity index (χ2v) is 5.81. The summed E-state index contributed by atoms with van der Waals surface area (Å²) in [4.78, 5) is 24.1. The third kappa shape index (κ3) is 3.61. The third-order valence-electron chi connectivity index (χ3n) is 3.19. The minimum atomic E-state index is -1.12. The number of anilines is 1. The molecule has 0 saturated heterocycles. The van der Waals surface area contributed by atoms with E-state index >= 15 is 0 Å². The van der Waals surface area contributed by atoms with E-state index in [4.69, 9.17) is 4.74 Å². The first kappa shape index (κ1) is 15.8. The fourth-order valence-corrected chi connectivity index (χ4v) is 2.71. The smallest absolute Gasteiger partial charge is 0.337 e. The van der Waals surface area contributed by atoms with Crippen LogP contribution in [-0.4, -0.2) is 17.0 Å². The highest BCUT2D eigenvalue weighted by Gasteiger charge is 2.15. The number of para-hydroxylation sites is 1. The fourth-order valence-electron chi connectivity index (χ4n) is 2.09. The molecule has 2 N–H and O–H groups in total. The van der Waals surface area contributed by atoms with E-state index in [-0.39, 0.29) is 17.2 Å². The maximum absolute atomic E-state index is 12.2. The van der Waals surface area contributed by atoms with Crippen molar-refractivity contribution in [2.45, 2.75) is 0 Å². The van der Waals surface area contributed by atoms with Gasteiger partial charge in [-0.3, -0.25) is 4.79 Å². The lowest BCUT2D eigenvalue weighted by Gasteiger charge is -2.11. The van der Waals surface area contributed by atoms with E-state index in [0.717, 1.165) is 0 Å². The van der Waals surface area contributed by atoms with Gasteiger partial charge in [0.25, 0.3) is 5.91 Å². The Morgan fingerprint density at radius 3 is 2.42 bits per heavy atom. The molecule has 0 aliphatic heterocycles. The van der Waals surface area contributed by atoms with Gasteiger partial charge in [-0.05, 0) is 35.7 Å². The Balaban J connectivity index is 1.88. The van der Waals surface area contributed by atoms with Crippen LogP contribution in [0.25, 0.3) is 0 Å². The Morgan fingerprint density at radius 1 is 0.958 bits per heavy atom. The van der Waals surface area contributed by atoms with Crippen LogP contribution in [-0.2, 0) is 0 Å². The van der Waals surface area contributed by atoms with Gasteiger partial charge in [-0.1, -0.05) is 24.3 Å². The van der Waals surface area contributed by atoms with Gasteiger partial charge in [-0.15, -0.1) is 11.3 Å². The molecule has 0 aliphatic rings. The monoisotopic (exact) mass is 339 g/mol. The summed E-state index contributed by atoms with van der Waals surface area (Å²) < 4.78 is 5.68. The molecule has 0 atom stereocenters. The molecule has 0 radical (unpaired) electrons. The van der Waals surface area contributed by atoms with Crippen molar-refractivity contribution in [2.75, 3.05) is 5.32 Å². The van der Waals surface area contributed by atoms with Crippen molar-refractivity contribution < 1.29 is 19.4 Å². The number of aromatic carboxylic acids is 1. The molecule has 0 saturated carbocycles. The van der Waals surface area contributed by atoms with E-state index < -0.39 is 5.97 Å². The van der Waals surface area contributed by atoms with Crippen LogP contribution in [0.4, 0.5) is 5.69 Å². The van der Waals surface area contributed by atoms with Gasteiger partial charge < -0.3 is 15.2 Å². The van der Waals surface area contributed by atoms with Gasteiger partial charge in [0.2, 0.25) is 0 Å². The van der Waals surface area contributed by atoms with Crippen molar-refractivity contribution in [3.63, 3.8) is 0 Å². The number of carbonyl (C=O) groups excluding carboxylic acids is 1. The van der Waals surface area contributed by atoms with Crippen LogP contribution in [0, 0.1) is 0 Å². The first-order valence-electron chi connectivity index (χ1n) is 7.08. The summed E-state index contributed by atoms with van der Waals surface area (Å²) >= 11 is 1.28. The number of thiophene rings is 1. The molecule has 0 bridgehead atoms. The van der Waals surface area contributed by atoms with Crippen molar-refractivity contribution in [1.29, 1.82) is 0 Å². The van der Waals surface area contributed by atoms with E-state index in [0.29, 0.717) is 16.4 Å². The van der Waals surface area contributed by atoms with Crippen LogP contribution in [0.15, 0.2) is 66.0 Å². The zero-order valence-corrected chi connectivity index (χ0v) is 13.2. The Hall–Kier alpha value is -3.12. The quantitative estimate of drug-likeness (QED) is 0.718. The van der Waals surface area contributed by atoms with Gasteiger partial charge in [-0.2, -0.15) is 0 Å². The number of benzene rings is 2. The topological polar surface area (TPSA) is 75.6 Å². The van der Waals surface area contributed by atoms with Gasteiger partial charge in [0.05, 0.1) is 16.1 Å². The summed E-state index contributed by atoms with van der Waals surface area (Å²) in [6, 6.07) is 17.0. The van der Waals surface area contributed by atoms with Crippen LogP contribution in [0.2, 0.25) is 0 Å². The van der Waals surface area contributed by atoms with Gasteiger partial charge >= 0.3 is 5.97 Å². The number of rotatable bonds is 5. The molecule has 5 nitrogen and oxygen atoms in total. The molecule has 1 heterocycles. The van der Waals surface area contributed by atoms with E-state index in [1.54, 1.807) is 35.7 Å². The SMILES string of the molecule is O=C(Nc1cc(Oc2ccccc2)ccc1C(=O)O)c1cccs1. The molecule has 3 aromatic rings. The lowest BCUT2D eigenvalue weighted by Crippen LogP contribution is -2.13. The number of hydrogen-bond acceptors (Lipinski definition) is 4. The van der Waals surface area contributed by atoms with Crippen molar-refractivity contribution in [3.8, 4) is 11.5 Å². The van der Waals surface area contributed by atoms with E-state index in [1.807, 2.05) is 18.2 Å². The maximum atomic E-state index is 12.2. The zero-order chi connectivity index (χ0) is 16.9. The summed E-state index contributed by atoms with van der Waals surface area (Å²) in [5, 5.41) is 13.7. The third-order valence-corrected chi connectivity index (χ3v) is 4.06. The van der Waals surface area contributed by atoms with Gasteiger partial charge in [-0.25, -0.2) is 4.79 Å². The summed E-state index contributed by atoms with van der Waals surface area (Å²) in [7, 11) is 0. The number of nitrogens with one attached hydrogen (secondary N) is 1. The molecule has 0 fully saturated rings. The van der Waals surface area contributed by atoms with Crippen molar-refractivity contribution in [2.24, 2.45) is 0 Å². The van der Waals surface area contributed by atoms with Crippen LogP contribution in [0.1, 0.15) is 20.0 Å². The molecule has 120 valence electrons. The first-order chi connectivity index (χ1) is 11.6. The Bertz CT molecular complexity index is 860. The highest BCUT2D eigenvalue weighted by molar-refractivity contribution is 7.12. The Kier molecular flexibility index (Phi) is 4.58. The second-order valence-electron chi connectivity index (χ2n) is 4.86. The van der Waals surface area contributed by atoms with Crippen molar-refractivity contribution in [3.05, 3.63) is 76.5 Å². The molecule has 1 aromatic heterocycles. The zero-order valence-electron chi connectivity index (χ0n) is 12.4.